The number of nitrogens with two attached hydrogens (primary N) is 2. The van der Waals surface area contributed by atoms with Crippen LogP contribution in [-0.2, 0) is 101 Å². The average Bonchev–Trinajstić information content (AvgIpc) is 1.61. The molecule has 0 unspecified atom stereocenters. The molecule has 0 saturated carbocycles. The minimum absolute atomic E-state index is 0.0512. The molecule has 3 heterocycles. The number of aromatic hydroxyl groups is 1. The van der Waals surface area contributed by atoms with Gasteiger partial charge in [-0.3, -0.25) is 57.5 Å². The number of carboxylic acid groups (broad SMARTS) is 1. The van der Waals surface area contributed by atoms with E-state index in [2.05, 4.69) is 74.1 Å². The fourth-order valence-electron chi connectivity index (χ4n) is 13.3. The van der Waals surface area contributed by atoms with E-state index in [4.69, 9.17) is 11.5 Å². The van der Waals surface area contributed by atoms with Crippen LogP contribution in [0.3, 0.4) is 0 Å². The number of phenolic OH excluding ortho intramolecular Hbond substituents is 1. The van der Waals surface area contributed by atoms with E-state index in [-0.39, 0.29) is 88.4 Å². The third-order valence-corrected chi connectivity index (χ3v) is 22.5. The Bertz CT molecular complexity index is 4360. The summed E-state index contributed by atoms with van der Waals surface area (Å²) in [6, 6.07) is 17.6. The summed E-state index contributed by atoms with van der Waals surface area (Å²) < 4.78 is 0. The van der Waals surface area contributed by atoms with Gasteiger partial charge in [0.15, 0.2) is 0 Å². The van der Waals surface area contributed by atoms with E-state index in [0.717, 1.165) is 27.2 Å². The highest BCUT2D eigenvalue weighted by Gasteiger charge is 2.39. The number of carbonyl (C=O) groups is 13. The molecule has 13 atom stereocenters. The highest BCUT2D eigenvalue weighted by atomic mass is 33.1. The van der Waals surface area contributed by atoms with Gasteiger partial charge in [0.2, 0.25) is 70.9 Å². The molecule has 2 aliphatic rings. The molecule has 118 heavy (non-hydrogen) atoms. The van der Waals surface area contributed by atoms with Crippen LogP contribution in [0.1, 0.15) is 118 Å². The third-order valence-electron chi connectivity index (χ3n) is 20.0. The highest BCUT2D eigenvalue weighted by molar-refractivity contribution is 8.76. The topological polar surface area (TPSA) is 527 Å². The van der Waals surface area contributed by atoms with Gasteiger partial charge in [0, 0.05) is 79.8 Å². The minimum Gasteiger partial charge on any atom is -0.508 e. The fraction of sp³-hybridized carbons (Fsp3) is 0.458. The van der Waals surface area contributed by atoms with Crippen molar-refractivity contribution < 1.29 is 82.8 Å². The number of H-pyrrole nitrogens is 1. The van der Waals surface area contributed by atoms with Crippen LogP contribution in [0.2, 0.25) is 0 Å². The van der Waals surface area contributed by atoms with Gasteiger partial charge in [-0.05, 0) is 110 Å². The number of aliphatic carboxylic acids is 1. The van der Waals surface area contributed by atoms with Crippen molar-refractivity contribution in [1.82, 2.24) is 74.1 Å². The monoisotopic (exact) mass is 1670 g/mol. The summed E-state index contributed by atoms with van der Waals surface area (Å²) in [6.07, 6.45) is -0.388. The molecule has 2 fully saturated rings. The van der Waals surface area contributed by atoms with Gasteiger partial charge in [0.05, 0.1) is 18.8 Å². The van der Waals surface area contributed by atoms with Crippen LogP contribution in [0.5, 0.6) is 5.75 Å². The fourth-order valence-corrected chi connectivity index (χ4v) is 15.6. The van der Waals surface area contributed by atoms with Crippen molar-refractivity contribution >= 4 is 109 Å². The number of hydrogen-bond donors (Lipinski definition) is 20. The summed E-state index contributed by atoms with van der Waals surface area (Å²) in [5.41, 5.74) is 16.5. The van der Waals surface area contributed by atoms with E-state index in [1.807, 2.05) is 26.0 Å². The summed E-state index contributed by atoms with van der Waals surface area (Å²) >= 11 is 0. The van der Waals surface area contributed by atoms with Crippen LogP contribution >= 0.6 is 21.6 Å². The van der Waals surface area contributed by atoms with Crippen molar-refractivity contribution in [3.8, 4) is 5.75 Å². The second-order valence-electron chi connectivity index (χ2n) is 29.8. The van der Waals surface area contributed by atoms with E-state index >= 15 is 28.8 Å². The van der Waals surface area contributed by atoms with Gasteiger partial charge in [-0.15, -0.1) is 0 Å². The summed E-state index contributed by atoms with van der Waals surface area (Å²) in [7, 11) is 1.70. The van der Waals surface area contributed by atoms with Crippen molar-refractivity contribution in [2.75, 3.05) is 31.2 Å². The number of carbonyl (C=O) groups excluding carboxylic acids is 12. The van der Waals surface area contributed by atoms with Crippen LogP contribution in [0.4, 0.5) is 0 Å². The normalized spacial score (nSPS) is 23.5. The first kappa shape index (κ1) is 92.6. The number of unbranched alkanes of at least 4 members (excludes halogenated alkanes) is 1. The molecule has 35 heteroatoms. The van der Waals surface area contributed by atoms with Gasteiger partial charge in [-0.2, -0.15) is 0 Å². The van der Waals surface area contributed by atoms with E-state index in [9.17, 15) is 54.0 Å². The third kappa shape index (κ3) is 29.9. The van der Waals surface area contributed by atoms with Crippen molar-refractivity contribution in [3.63, 3.8) is 0 Å². The maximum absolute atomic E-state index is 15.7. The maximum Gasteiger partial charge on any atom is 0.327 e. The molecule has 2 bridgehead atoms. The Morgan fingerprint density at radius 1 is 0.517 bits per heavy atom. The van der Waals surface area contributed by atoms with Gasteiger partial charge in [0.1, 0.15) is 72.2 Å². The molecule has 636 valence electrons. The lowest BCUT2D eigenvalue weighted by molar-refractivity contribution is -0.142. The number of aromatic nitrogens is 1. The number of benzene rings is 5. The summed E-state index contributed by atoms with van der Waals surface area (Å²) in [4.78, 5) is 195. The van der Waals surface area contributed by atoms with Crippen molar-refractivity contribution in [3.05, 3.63) is 173 Å². The Balaban J connectivity index is 1.25. The minimum atomic E-state index is -1.87. The van der Waals surface area contributed by atoms with E-state index in [0.29, 0.717) is 70.9 Å². The van der Waals surface area contributed by atoms with Gasteiger partial charge < -0.3 is 106 Å². The number of rotatable bonds is 22. The molecule has 12 amide bonds. The molecule has 8 rings (SSSR count). The number of amides is 12. The van der Waals surface area contributed by atoms with E-state index in [1.165, 1.54) is 19.1 Å². The molecule has 1 aromatic heterocycles. The Labute approximate surface area is 692 Å². The SMILES string of the molecule is CC(C)NCc1ccc(C[C@@H]2NC(=O)[C@@H](Cc3c[nH]c4ccccc34)NC(=O)[C@@H]3CCC(=O)NCCCCCC[C@H](NC(=O)[C@H](Cc4ccccc4)NC(=O)[C@@H]([C@@H](C)O)NC2=O)C(=O)N[C@@H](CO)C(=O)N[C@H](C(=O)O)CSSC[C@H](NC(=O)[C@@H](N)Cc2ccc(O)cc2)C(=O)N[C@@H](CCCCN)C(=O)N[C@@H](Cc2ccccc2)C(=O)N3)cc1. The molecule has 0 spiro atoms. The van der Waals surface area contributed by atoms with Crippen LogP contribution in [0.25, 0.3) is 10.9 Å². The second kappa shape index (κ2) is 47.4. The number of aliphatic hydroxyl groups is 2. The predicted molar refractivity (Wildman–Crippen MR) is 445 cm³/mol. The lowest BCUT2D eigenvalue weighted by Crippen LogP contribution is -2.63. The number of aromatic amines is 1. The van der Waals surface area contributed by atoms with Gasteiger partial charge in [-0.25, -0.2) is 4.79 Å². The summed E-state index contributed by atoms with van der Waals surface area (Å²) in [5.74, 6) is -13.9. The molecular formula is C83H110N16O17S2. The first-order chi connectivity index (χ1) is 56.6. The molecule has 6 aromatic rings. The van der Waals surface area contributed by atoms with Gasteiger partial charge >= 0.3 is 5.97 Å². The summed E-state index contributed by atoms with van der Waals surface area (Å²) in [6.45, 7) is 4.79. The Kier molecular flexibility index (Phi) is 37.2. The largest absolute Gasteiger partial charge is 0.508 e. The number of para-hydroxylation sites is 1. The molecule has 5 aromatic carbocycles. The number of nitrogens with one attached hydrogen (secondary N) is 14. The Hall–Kier alpha value is -11.0. The molecule has 0 aliphatic carbocycles. The van der Waals surface area contributed by atoms with Crippen LogP contribution in [0.15, 0.2) is 140 Å². The molecule has 0 radical (unpaired) electrons. The number of aliphatic hydroxyl groups excluding tert-OH is 2. The first-order valence-corrected chi connectivity index (χ1v) is 42.2. The van der Waals surface area contributed by atoms with Gasteiger partial charge in [0.25, 0.3) is 0 Å². The molecule has 2 saturated heterocycles. The molecular weight excluding hydrogens is 1560 g/mol. The van der Waals surface area contributed by atoms with E-state index in [1.54, 1.807) is 115 Å². The van der Waals surface area contributed by atoms with Crippen LogP contribution in [0, 0.1) is 0 Å². The summed E-state index contributed by atoms with van der Waals surface area (Å²) in [5, 5.41) is 78.9. The van der Waals surface area contributed by atoms with E-state index < -0.39 is 181 Å². The zero-order chi connectivity index (χ0) is 85.2. The number of hydrogen-bond acceptors (Lipinski definition) is 21. The molecule has 22 N–H and O–H groups in total. The average molecular weight is 1670 g/mol. The predicted octanol–water partition coefficient (Wildman–Crippen LogP) is 0.387. The Morgan fingerprint density at radius 2 is 1.02 bits per heavy atom. The molecule has 2 aliphatic heterocycles. The van der Waals surface area contributed by atoms with Crippen molar-refractivity contribution in [2.45, 2.75) is 208 Å². The smallest absolute Gasteiger partial charge is 0.327 e. The molecule has 33 nitrogen and oxygen atoms in total. The number of carboxylic acids is 1. The standard InChI is InChI=1S/C83H110N16O17S2/c1-48(2)87-43-54-28-26-53(27-29-54)41-65-79(111)99-71(49(3)101)82(114)95-64(40-51-20-10-7-11-21-51)77(109)89-60-24-12-4-5-17-37-86-70(103)35-34-62(75(107)94-66(78(110)93-65)42-55-44-88-59-23-14-13-22-57(55)59)91-76(108)63(39-50-18-8-6-9-19-50)92-73(105)61(25-15-16-36-84)90-81(113)68(97-72(104)58(85)38-52-30-32-56(102)33-31-52)46-117-118-47-69(83(115)116)98-80(112)67(45-100)96-74(60)106/h6-11,13-14,18-23,26-33,44,48-49,58,60-69,71,87-88,100-102H,4-5,12,15-17,24-25,34-43,45-47,84-85H2,1-3H3,(H,86,103)(H,89,109)(H,90,113)(H,91,108)(H,92,105)(H,93,110)(H,94,107)(H,95,114)(H,96,106)(H,97,104)(H,98,112)(H,99,111)(H,115,116)/t49-,58+,60+,61+,62+,63+,64+,65+,66-,67+,68+,69+,71-/m1/s1. The lowest BCUT2D eigenvalue weighted by Gasteiger charge is -2.29. The maximum atomic E-state index is 15.7. The second-order valence-corrected chi connectivity index (χ2v) is 32.3. The number of fused-ring (bicyclic) bond motifs is 12. The lowest BCUT2D eigenvalue weighted by atomic mass is 9.99. The zero-order valence-electron chi connectivity index (χ0n) is 66.3. The Morgan fingerprint density at radius 3 is 1.62 bits per heavy atom. The van der Waals surface area contributed by atoms with Gasteiger partial charge in [-0.1, -0.05) is 170 Å². The van der Waals surface area contributed by atoms with Crippen molar-refractivity contribution in [2.24, 2.45) is 11.5 Å². The highest BCUT2D eigenvalue weighted by Crippen LogP contribution is 2.25. The zero-order valence-corrected chi connectivity index (χ0v) is 67.9. The van der Waals surface area contributed by atoms with Crippen molar-refractivity contribution in [1.29, 1.82) is 0 Å². The quantitative estimate of drug-likeness (QED) is 0.0323. The van der Waals surface area contributed by atoms with Crippen LogP contribution < -0.4 is 80.6 Å². The first-order valence-electron chi connectivity index (χ1n) is 39.7. The number of phenols is 1. The van der Waals surface area contributed by atoms with Crippen LogP contribution in [-0.4, -0.2) is 218 Å².